The molecule has 0 fully saturated rings. The molecule has 0 saturated heterocycles. The first-order valence-electron chi connectivity index (χ1n) is 8.03. The zero-order valence-electron chi connectivity index (χ0n) is 14.0. The molecule has 1 amide bonds. The number of amides is 1. The van der Waals surface area contributed by atoms with Gasteiger partial charge in [-0.15, -0.1) is 0 Å². The highest BCUT2D eigenvalue weighted by molar-refractivity contribution is 6.09. The Morgan fingerprint density at radius 3 is 2.22 bits per heavy atom. The minimum Gasteiger partial charge on any atom is -0.435 e. The number of nitriles is 1. The van der Waals surface area contributed by atoms with E-state index in [-0.39, 0.29) is 11.7 Å². The Hall–Kier alpha value is -3.72. The molecule has 0 heterocycles. The van der Waals surface area contributed by atoms with E-state index in [4.69, 9.17) is 0 Å². The van der Waals surface area contributed by atoms with Crippen LogP contribution in [0.5, 0.6) is 5.75 Å². The van der Waals surface area contributed by atoms with Crippen LogP contribution in [-0.2, 0) is 0 Å². The predicted molar refractivity (Wildman–Crippen MR) is 97.6 cm³/mol. The van der Waals surface area contributed by atoms with Crippen molar-refractivity contribution in [3.63, 3.8) is 0 Å². The molecule has 3 rings (SSSR count). The van der Waals surface area contributed by atoms with Crippen LogP contribution in [0.1, 0.15) is 15.9 Å². The summed E-state index contributed by atoms with van der Waals surface area (Å²) < 4.78 is 28.7. The molecule has 0 aliphatic rings. The Morgan fingerprint density at radius 2 is 1.56 bits per heavy atom. The number of rotatable bonds is 5. The summed E-state index contributed by atoms with van der Waals surface area (Å²) in [5, 5.41) is 12.0. The van der Waals surface area contributed by atoms with Gasteiger partial charge < -0.3 is 10.1 Å². The SMILES string of the molecule is N#Cc1ccccc1-c1ccccc1C(=O)Nc1ccc(OC(F)F)cc1. The molecule has 4 nitrogen and oxygen atoms in total. The summed E-state index contributed by atoms with van der Waals surface area (Å²) in [6.45, 7) is -2.91. The molecular formula is C21H14F2N2O2. The number of carbonyl (C=O) groups excluding carboxylic acids is 1. The number of nitrogens with one attached hydrogen (secondary N) is 1. The highest BCUT2D eigenvalue weighted by Crippen LogP contribution is 2.27. The van der Waals surface area contributed by atoms with E-state index >= 15 is 0 Å². The number of halogens is 2. The van der Waals surface area contributed by atoms with Gasteiger partial charge in [0, 0.05) is 16.8 Å². The number of anilines is 1. The van der Waals surface area contributed by atoms with Crippen LogP contribution in [0, 0.1) is 11.3 Å². The second-order valence-corrected chi connectivity index (χ2v) is 5.56. The van der Waals surface area contributed by atoms with E-state index in [2.05, 4.69) is 16.1 Å². The lowest BCUT2D eigenvalue weighted by molar-refractivity contribution is -0.0498. The molecule has 0 radical (unpaired) electrons. The standard InChI is InChI=1S/C21H14F2N2O2/c22-21(23)27-16-11-9-15(10-12-16)25-20(26)19-8-4-3-7-18(19)17-6-2-1-5-14(17)13-24/h1-12,21H,(H,25,26). The van der Waals surface area contributed by atoms with E-state index in [9.17, 15) is 18.8 Å². The first kappa shape index (κ1) is 18.1. The third-order valence-corrected chi connectivity index (χ3v) is 3.85. The van der Waals surface area contributed by atoms with Crippen molar-refractivity contribution in [3.05, 3.63) is 83.9 Å². The maximum absolute atomic E-state index is 12.7. The van der Waals surface area contributed by atoms with Gasteiger partial charge in [-0.2, -0.15) is 14.0 Å². The zero-order chi connectivity index (χ0) is 19.2. The number of ether oxygens (including phenoxy) is 1. The molecule has 27 heavy (non-hydrogen) atoms. The highest BCUT2D eigenvalue weighted by atomic mass is 19.3. The summed E-state index contributed by atoms with van der Waals surface area (Å²) in [7, 11) is 0. The van der Waals surface area contributed by atoms with Crippen LogP contribution in [0.2, 0.25) is 0 Å². The van der Waals surface area contributed by atoms with Gasteiger partial charge in [-0.1, -0.05) is 36.4 Å². The van der Waals surface area contributed by atoms with Gasteiger partial charge >= 0.3 is 6.61 Å². The summed E-state index contributed by atoms with van der Waals surface area (Å²) in [6, 6.07) is 21.7. The third kappa shape index (κ3) is 4.28. The lowest BCUT2D eigenvalue weighted by atomic mass is 9.95. The predicted octanol–water partition coefficient (Wildman–Crippen LogP) is 5.08. The van der Waals surface area contributed by atoms with E-state index < -0.39 is 6.61 Å². The first-order chi connectivity index (χ1) is 13.1. The normalized spacial score (nSPS) is 10.3. The second-order valence-electron chi connectivity index (χ2n) is 5.56. The average molecular weight is 364 g/mol. The molecule has 0 saturated carbocycles. The monoisotopic (exact) mass is 364 g/mol. The molecule has 6 heteroatoms. The fraction of sp³-hybridized carbons (Fsp3) is 0.0476. The Labute approximate surface area is 154 Å². The molecule has 0 aliphatic heterocycles. The molecule has 0 aromatic heterocycles. The lowest BCUT2D eigenvalue weighted by Gasteiger charge is -2.12. The quantitative estimate of drug-likeness (QED) is 0.687. The van der Waals surface area contributed by atoms with Crippen LogP contribution in [0.25, 0.3) is 11.1 Å². The van der Waals surface area contributed by atoms with Crippen LogP contribution < -0.4 is 10.1 Å². The van der Waals surface area contributed by atoms with Gasteiger partial charge in [0.25, 0.3) is 5.91 Å². The van der Waals surface area contributed by atoms with E-state index in [1.165, 1.54) is 24.3 Å². The molecule has 0 spiro atoms. The van der Waals surface area contributed by atoms with Gasteiger partial charge in [0.1, 0.15) is 5.75 Å². The number of nitrogens with zero attached hydrogens (tertiary/aromatic N) is 1. The van der Waals surface area contributed by atoms with Crippen LogP contribution in [0.3, 0.4) is 0 Å². The Kier molecular flexibility index (Phi) is 5.43. The van der Waals surface area contributed by atoms with Gasteiger partial charge in [0.15, 0.2) is 0 Å². The smallest absolute Gasteiger partial charge is 0.387 e. The van der Waals surface area contributed by atoms with E-state index in [1.54, 1.807) is 48.5 Å². The lowest BCUT2D eigenvalue weighted by Crippen LogP contribution is -2.13. The van der Waals surface area contributed by atoms with Crippen molar-refractivity contribution in [2.24, 2.45) is 0 Å². The topological polar surface area (TPSA) is 62.1 Å². The highest BCUT2D eigenvalue weighted by Gasteiger charge is 2.15. The van der Waals surface area contributed by atoms with Crippen LogP contribution >= 0.6 is 0 Å². The Morgan fingerprint density at radius 1 is 0.926 bits per heavy atom. The average Bonchev–Trinajstić information content (AvgIpc) is 2.69. The summed E-state index contributed by atoms with van der Waals surface area (Å²) in [5.74, 6) is -0.368. The summed E-state index contributed by atoms with van der Waals surface area (Å²) >= 11 is 0. The molecule has 0 unspecified atom stereocenters. The van der Waals surface area contributed by atoms with Crippen molar-refractivity contribution >= 4 is 11.6 Å². The fourth-order valence-electron chi connectivity index (χ4n) is 2.65. The van der Waals surface area contributed by atoms with Gasteiger partial charge in [-0.05, 0) is 42.0 Å². The number of alkyl halides is 2. The Balaban J connectivity index is 1.87. The second kappa shape index (κ2) is 8.11. The van der Waals surface area contributed by atoms with Gasteiger partial charge in [-0.25, -0.2) is 0 Å². The molecule has 134 valence electrons. The van der Waals surface area contributed by atoms with Gasteiger partial charge in [0.05, 0.1) is 11.6 Å². The molecule has 0 aliphatic carbocycles. The number of hydrogen-bond acceptors (Lipinski definition) is 3. The molecule has 1 N–H and O–H groups in total. The van der Waals surface area contributed by atoms with Crippen LogP contribution in [-0.4, -0.2) is 12.5 Å². The fourth-order valence-corrected chi connectivity index (χ4v) is 2.65. The molecular weight excluding hydrogens is 350 g/mol. The van der Waals surface area contributed by atoms with Gasteiger partial charge in [0.2, 0.25) is 0 Å². The largest absolute Gasteiger partial charge is 0.435 e. The number of benzene rings is 3. The van der Waals surface area contributed by atoms with Crippen molar-refractivity contribution in [2.45, 2.75) is 6.61 Å². The maximum Gasteiger partial charge on any atom is 0.387 e. The summed E-state index contributed by atoms with van der Waals surface area (Å²) in [4.78, 5) is 12.7. The van der Waals surface area contributed by atoms with Crippen molar-refractivity contribution < 1.29 is 18.3 Å². The third-order valence-electron chi connectivity index (χ3n) is 3.85. The van der Waals surface area contributed by atoms with Crippen molar-refractivity contribution in [1.29, 1.82) is 5.26 Å². The van der Waals surface area contributed by atoms with E-state index in [0.717, 1.165) is 0 Å². The van der Waals surface area contributed by atoms with Crippen LogP contribution in [0.15, 0.2) is 72.8 Å². The Bertz CT molecular complexity index is 996. The molecule has 0 atom stereocenters. The van der Waals surface area contributed by atoms with Crippen molar-refractivity contribution in [3.8, 4) is 22.9 Å². The van der Waals surface area contributed by atoms with E-state index in [1.807, 2.05) is 0 Å². The van der Waals surface area contributed by atoms with Gasteiger partial charge in [-0.3, -0.25) is 4.79 Å². The number of hydrogen-bond donors (Lipinski definition) is 1. The number of carbonyl (C=O) groups is 1. The van der Waals surface area contributed by atoms with Crippen molar-refractivity contribution in [1.82, 2.24) is 0 Å². The molecule has 3 aromatic carbocycles. The van der Waals surface area contributed by atoms with E-state index in [0.29, 0.717) is 27.9 Å². The first-order valence-corrected chi connectivity index (χ1v) is 8.03. The van der Waals surface area contributed by atoms with Crippen molar-refractivity contribution in [2.75, 3.05) is 5.32 Å². The minimum atomic E-state index is -2.91. The van der Waals surface area contributed by atoms with Crippen LogP contribution in [0.4, 0.5) is 14.5 Å². The maximum atomic E-state index is 12.7. The summed E-state index contributed by atoms with van der Waals surface area (Å²) in [5.41, 5.74) is 2.58. The minimum absolute atomic E-state index is 0.00588. The summed E-state index contributed by atoms with van der Waals surface area (Å²) in [6.07, 6.45) is 0. The zero-order valence-corrected chi connectivity index (χ0v) is 14.0. The molecule has 0 bridgehead atoms. The molecule has 3 aromatic rings.